The molecule has 0 amide bonds. The lowest BCUT2D eigenvalue weighted by Gasteiger charge is -2.44. The molecule has 2 aromatic rings. The van der Waals surface area contributed by atoms with Crippen LogP contribution in [-0.2, 0) is 4.43 Å². The van der Waals surface area contributed by atoms with E-state index in [9.17, 15) is 5.11 Å². The zero-order valence-corrected chi connectivity index (χ0v) is 15.6. The summed E-state index contributed by atoms with van der Waals surface area (Å²) in [7, 11) is -2.46. The van der Waals surface area contributed by atoms with E-state index in [1.807, 2.05) is 12.1 Å². The molecule has 3 heteroatoms. The number of aliphatic hydroxyl groups excluding tert-OH is 1. The fourth-order valence-electron chi connectivity index (χ4n) is 3.23. The minimum atomic E-state index is -2.46. The number of rotatable bonds is 6. The minimum Gasteiger partial charge on any atom is -0.405 e. The third kappa shape index (κ3) is 3.74. The SMILES string of the molecule is C[C@H](CCO)O[Si](c1ccccc1)(c1ccccc1)C(C)(C)C. The molecule has 0 aliphatic rings. The number of hydrogen-bond donors (Lipinski definition) is 1. The van der Waals surface area contributed by atoms with Crippen molar-refractivity contribution in [1.29, 1.82) is 0 Å². The Morgan fingerprint density at radius 1 is 0.913 bits per heavy atom. The molecule has 0 saturated carbocycles. The van der Waals surface area contributed by atoms with Crippen molar-refractivity contribution >= 4 is 18.7 Å². The van der Waals surface area contributed by atoms with Crippen molar-refractivity contribution < 1.29 is 9.53 Å². The van der Waals surface area contributed by atoms with Crippen LogP contribution in [0.2, 0.25) is 5.04 Å². The quantitative estimate of drug-likeness (QED) is 0.824. The first-order valence-corrected chi connectivity index (χ1v) is 10.2. The van der Waals surface area contributed by atoms with Gasteiger partial charge in [-0.2, -0.15) is 0 Å². The molecular weight excluding hydrogens is 300 g/mol. The van der Waals surface area contributed by atoms with Gasteiger partial charge in [0.1, 0.15) is 0 Å². The molecule has 2 nitrogen and oxygen atoms in total. The topological polar surface area (TPSA) is 29.5 Å². The first kappa shape index (κ1) is 17.9. The maximum atomic E-state index is 9.31. The van der Waals surface area contributed by atoms with Crippen LogP contribution in [0.25, 0.3) is 0 Å². The molecule has 0 aliphatic heterocycles. The zero-order chi connectivity index (χ0) is 16.9. The normalized spacial score (nSPS) is 13.8. The number of benzene rings is 2. The van der Waals surface area contributed by atoms with Crippen molar-refractivity contribution in [3.05, 3.63) is 60.7 Å². The minimum absolute atomic E-state index is 0.0145. The second-order valence-electron chi connectivity index (χ2n) is 7.10. The molecule has 0 unspecified atom stereocenters. The molecular formula is C20H28O2Si. The second kappa shape index (κ2) is 7.43. The van der Waals surface area contributed by atoms with Gasteiger partial charge in [-0.15, -0.1) is 0 Å². The average Bonchev–Trinajstić information content (AvgIpc) is 2.53. The molecule has 0 spiro atoms. The summed E-state index contributed by atoms with van der Waals surface area (Å²) in [6.07, 6.45) is 0.677. The maximum Gasteiger partial charge on any atom is 0.261 e. The van der Waals surface area contributed by atoms with E-state index in [1.165, 1.54) is 10.4 Å². The van der Waals surface area contributed by atoms with Gasteiger partial charge in [-0.25, -0.2) is 0 Å². The Hall–Kier alpha value is -1.42. The van der Waals surface area contributed by atoms with Gasteiger partial charge in [0.15, 0.2) is 0 Å². The van der Waals surface area contributed by atoms with E-state index < -0.39 is 8.32 Å². The van der Waals surface area contributed by atoms with Crippen LogP contribution >= 0.6 is 0 Å². The summed E-state index contributed by atoms with van der Waals surface area (Å²) in [5.41, 5.74) is 0. The Bertz CT molecular complexity index is 551. The highest BCUT2D eigenvalue weighted by Gasteiger charge is 2.50. The van der Waals surface area contributed by atoms with Crippen molar-refractivity contribution in [2.45, 2.75) is 45.3 Å². The van der Waals surface area contributed by atoms with Gasteiger partial charge in [0.2, 0.25) is 0 Å². The van der Waals surface area contributed by atoms with Crippen LogP contribution in [0.5, 0.6) is 0 Å². The molecule has 2 aromatic carbocycles. The Kier molecular flexibility index (Phi) is 5.79. The summed E-state index contributed by atoms with van der Waals surface area (Å²) in [4.78, 5) is 0. The summed E-state index contributed by atoms with van der Waals surface area (Å²) in [6, 6.07) is 21.2. The van der Waals surface area contributed by atoms with Gasteiger partial charge >= 0.3 is 0 Å². The monoisotopic (exact) mass is 328 g/mol. The highest BCUT2D eigenvalue weighted by Crippen LogP contribution is 2.37. The van der Waals surface area contributed by atoms with Gasteiger partial charge in [-0.1, -0.05) is 81.4 Å². The van der Waals surface area contributed by atoms with E-state index in [1.54, 1.807) is 0 Å². The lowest BCUT2D eigenvalue weighted by Crippen LogP contribution is -2.67. The number of aliphatic hydroxyl groups is 1. The number of hydrogen-bond acceptors (Lipinski definition) is 2. The second-order valence-corrected chi connectivity index (χ2v) is 11.4. The summed E-state index contributed by atoms with van der Waals surface area (Å²) in [5, 5.41) is 11.9. The van der Waals surface area contributed by atoms with Crippen LogP contribution in [0.4, 0.5) is 0 Å². The Labute approximate surface area is 141 Å². The van der Waals surface area contributed by atoms with Crippen molar-refractivity contribution in [2.24, 2.45) is 0 Å². The molecule has 0 fully saturated rings. The molecule has 0 radical (unpaired) electrons. The summed E-state index contributed by atoms with van der Waals surface area (Å²) >= 11 is 0. The summed E-state index contributed by atoms with van der Waals surface area (Å²) in [6.45, 7) is 9.02. The fourth-order valence-corrected chi connectivity index (χ4v) is 7.97. The highest BCUT2D eigenvalue weighted by molar-refractivity contribution is 6.99. The van der Waals surface area contributed by atoms with Crippen molar-refractivity contribution in [3.8, 4) is 0 Å². The van der Waals surface area contributed by atoms with E-state index in [2.05, 4.69) is 76.2 Å². The Balaban J connectivity index is 2.64. The molecule has 0 heterocycles. The molecule has 1 atom stereocenters. The molecule has 23 heavy (non-hydrogen) atoms. The van der Waals surface area contributed by atoms with Crippen LogP contribution in [0, 0.1) is 0 Å². The summed E-state index contributed by atoms with van der Waals surface area (Å²) < 4.78 is 6.79. The van der Waals surface area contributed by atoms with Crippen molar-refractivity contribution in [2.75, 3.05) is 6.61 Å². The molecule has 0 bridgehead atoms. The van der Waals surface area contributed by atoms with Gasteiger partial charge in [0.25, 0.3) is 8.32 Å². The van der Waals surface area contributed by atoms with Crippen LogP contribution in [0.1, 0.15) is 34.1 Å². The Morgan fingerprint density at radius 3 is 1.70 bits per heavy atom. The van der Waals surface area contributed by atoms with Gasteiger partial charge in [-0.3, -0.25) is 0 Å². The predicted octanol–water partition coefficient (Wildman–Crippen LogP) is 3.33. The largest absolute Gasteiger partial charge is 0.405 e. The lowest BCUT2D eigenvalue weighted by molar-refractivity contribution is 0.159. The fraction of sp³-hybridized carbons (Fsp3) is 0.400. The highest BCUT2D eigenvalue weighted by atomic mass is 28.4. The lowest BCUT2D eigenvalue weighted by atomic mass is 10.2. The van der Waals surface area contributed by atoms with Gasteiger partial charge in [0, 0.05) is 12.7 Å². The van der Waals surface area contributed by atoms with Gasteiger partial charge < -0.3 is 9.53 Å². The molecule has 1 N–H and O–H groups in total. The van der Waals surface area contributed by atoms with E-state index in [4.69, 9.17) is 4.43 Å². The average molecular weight is 329 g/mol. The van der Waals surface area contributed by atoms with E-state index in [0.29, 0.717) is 6.42 Å². The molecule has 0 aromatic heterocycles. The molecule has 2 rings (SSSR count). The third-order valence-electron chi connectivity index (χ3n) is 4.33. The van der Waals surface area contributed by atoms with E-state index in [-0.39, 0.29) is 17.7 Å². The molecule has 124 valence electrons. The summed E-state index contributed by atoms with van der Waals surface area (Å²) in [5.74, 6) is 0. The zero-order valence-electron chi connectivity index (χ0n) is 14.6. The van der Waals surface area contributed by atoms with Crippen LogP contribution in [-0.4, -0.2) is 26.1 Å². The standard InChI is InChI=1S/C20H28O2Si/c1-17(15-16-21)22-23(20(2,3)4,18-11-7-5-8-12-18)19-13-9-6-10-14-19/h5-14,17,21H,15-16H2,1-4H3/t17-/m1/s1. The maximum absolute atomic E-state index is 9.31. The van der Waals surface area contributed by atoms with Crippen molar-refractivity contribution in [1.82, 2.24) is 0 Å². The Morgan fingerprint density at radius 2 is 1.35 bits per heavy atom. The predicted molar refractivity (Wildman–Crippen MR) is 99.9 cm³/mol. The van der Waals surface area contributed by atoms with Gasteiger partial charge in [-0.05, 0) is 28.8 Å². The van der Waals surface area contributed by atoms with Crippen LogP contribution in [0.15, 0.2) is 60.7 Å². The van der Waals surface area contributed by atoms with Crippen LogP contribution in [0.3, 0.4) is 0 Å². The smallest absolute Gasteiger partial charge is 0.261 e. The molecule has 0 saturated heterocycles. The van der Waals surface area contributed by atoms with Crippen LogP contribution < -0.4 is 10.4 Å². The molecule has 0 aliphatic carbocycles. The first-order valence-electron chi connectivity index (χ1n) is 8.31. The first-order chi connectivity index (χ1) is 10.9. The van der Waals surface area contributed by atoms with E-state index >= 15 is 0 Å². The van der Waals surface area contributed by atoms with Gasteiger partial charge in [0.05, 0.1) is 0 Å². The third-order valence-corrected chi connectivity index (χ3v) is 9.49. The van der Waals surface area contributed by atoms with E-state index in [0.717, 1.165) is 0 Å². The van der Waals surface area contributed by atoms with Crippen molar-refractivity contribution in [3.63, 3.8) is 0 Å².